The number of rotatable bonds is 3. The van der Waals surface area contributed by atoms with Crippen LogP contribution in [0.2, 0.25) is 0 Å². The first kappa shape index (κ1) is 13.1. The number of aryl methyl sites for hydroxylation is 1. The Labute approximate surface area is 110 Å². The lowest BCUT2D eigenvalue weighted by Crippen LogP contribution is -2.04. The van der Waals surface area contributed by atoms with Gasteiger partial charge in [0.1, 0.15) is 0 Å². The molecule has 0 aliphatic heterocycles. The smallest absolute Gasteiger partial charge is 0.340 e. The molecule has 5 heteroatoms. The van der Waals surface area contributed by atoms with Gasteiger partial charge in [-0.1, -0.05) is 19.1 Å². The Hall–Kier alpha value is -2.30. The van der Waals surface area contributed by atoms with Crippen molar-refractivity contribution in [2.75, 3.05) is 14.2 Å². The van der Waals surface area contributed by atoms with Crippen LogP contribution in [0.3, 0.4) is 0 Å². The zero-order valence-corrected chi connectivity index (χ0v) is 11.1. The summed E-state index contributed by atoms with van der Waals surface area (Å²) in [5, 5.41) is 0.673. The number of methoxy groups -OCH3 is 2. The number of H-pyrrole nitrogens is 1. The third-order valence-corrected chi connectivity index (χ3v) is 3.06. The number of hydrogen-bond donors (Lipinski definition) is 1. The monoisotopic (exact) mass is 261 g/mol. The Balaban J connectivity index is 2.76. The fraction of sp³-hybridized carbons (Fsp3) is 0.286. The SMILES string of the molecule is CCc1[nH]c2c(C(=O)OC)cccc2c1C(=O)OC. The van der Waals surface area contributed by atoms with Gasteiger partial charge in [-0.2, -0.15) is 0 Å². The van der Waals surface area contributed by atoms with E-state index in [1.807, 2.05) is 6.92 Å². The Kier molecular flexibility index (Phi) is 3.55. The fourth-order valence-electron chi connectivity index (χ4n) is 2.15. The minimum absolute atomic E-state index is 0.407. The van der Waals surface area contributed by atoms with Crippen LogP contribution in [-0.4, -0.2) is 31.1 Å². The maximum absolute atomic E-state index is 11.9. The summed E-state index contributed by atoms with van der Waals surface area (Å²) in [4.78, 5) is 26.7. The van der Waals surface area contributed by atoms with Crippen molar-refractivity contribution in [1.29, 1.82) is 0 Å². The van der Waals surface area contributed by atoms with E-state index in [-0.39, 0.29) is 0 Å². The van der Waals surface area contributed by atoms with E-state index in [9.17, 15) is 9.59 Å². The van der Waals surface area contributed by atoms with Gasteiger partial charge in [-0.25, -0.2) is 9.59 Å². The number of aromatic nitrogens is 1. The highest BCUT2D eigenvalue weighted by molar-refractivity contribution is 6.11. The highest BCUT2D eigenvalue weighted by Crippen LogP contribution is 2.26. The molecule has 100 valence electrons. The van der Waals surface area contributed by atoms with Crippen LogP contribution in [0.4, 0.5) is 0 Å². The average Bonchev–Trinajstić information content (AvgIpc) is 2.83. The van der Waals surface area contributed by atoms with Gasteiger partial charge in [0.25, 0.3) is 0 Å². The second-order valence-corrected chi connectivity index (χ2v) is 4.04. The second-order valence-electron chi connectivity index (χ2n) is 4.04. The summed E-state index contributed by atoms with van der Waals surface area (Å²) in [5.74, 6) is -0.851. The van der Waals surface area contributed by atoms with E-state index in [0.29, 0.717) is 28.5 Å². The van der Waals surface area contributed by atoms with Gasteiger partial charge in [0.2, 0.25) is 0 Å². The fourth-order valence-corrected chi connectivity index (χ4v) is 2.15. The van der Waals surface area contributed by atoms with Gasteiger partial charge in [0, 0.05) is 11.1 Å². The molecule has 1 N–H and O–H groups in total. The molecule has 0 unspecified atom stereocenters. The molecule has 0 bridgehead atoms. The lowest BCUT2D eigenvalue weighted by atomic mass is 10.1. The molecule has 0 saturated heterocycles. The summed E-state index contributed by atoms with van der Waals surface area (Å²) >= 11 is 0. The Bertz CT molecular complexity index is 642. The van der Waals surface area contributed by atoms with Crippen molar-refractivity contribution in [3.63, 3.8) is 0 Å². The van der Waals surface area contributed by atoms with Gasteiger partial charge < -0.3 is 14.5 Å². The molecule has 0 fully saturated rings. The van der Waals surface area contributed by atoms with Crippen molar-refractivity contribution >= 4 is 22.8 Å². The summed E-state index contributed by atoms with van der Waals surface area (Å²) in [5.41, 5.74) is 2.24. The molecule has 19 heavy (non-hydrogen) atoms. The molecule has 5 nitrogen and oxygen atoms in total. The van der Waals surface area contributed by atoms with E-state index in [1.165, 1.54) is 14.2 Å². The summed E-state index contributed by atoms with van der Waals surface area (Å²) in [6, 6.07) is 5.16. The number of fused-ring (bicyclic) bond motifs is 1. The van der Waals surface area contributed by atoms with Gasteiger partial charge in [-0.15, -0.1) is 0 Å². The van der Waals surface area contributed by atoms with Crippen molar-refractivity contribution < 1.29 is 19.1 Å². The minimum atomic E-state index is -0.439. The molecule has 1 aromatic heterocycles. The number of ether oxygens (including phenoxy) is 2. The molecule has 1 aromatic carbocycles. The third kappa shape index (κ3) is 2.07. The maximum atomic E-state index is 11.9. The first-order valence-electron chi connectivity index (χ1n) is 5.94. The van der Waals surface area contributed by atoms with E-state index in [1.54, 1.807) is 18.2 Å². The number of nitrogens with one attached hydrogen (secondary N) is 1. The molecule has 0 spiro atoms. The molecule has 2 aromatic rings. The van der Waals surface area contributed by atoms with Crippen LogP contribution in [0.25, 0.3) is 10.9 Å². The summed E-state index contributed by atoms with van der Waals surface area (Å²) in [7, 11) is 2.66. The lowest BCUT2D eigenvalue weighted by molar-refractivity contribution is 0.0592. The number of para-hydroxylation sites is 1. The van der Waals surface area contributed by atoms with Crippen LogP contribution in [0.5, 0.6) is 0 Å². The number of esters is 2. The van der Waals surface area contributed by atoms with Crippen LogP contribution < -0.4 is 0 Å². The van der Waals surface area contributed by atoms with Crippen LogP contribution in [-0.2, 0) is 15.9 Å². The number of carbonyl (C=O) groups excluding carboxylic acids is 2. The van der Waals surface area contributed by atoms with Crippen molar-refractivity contribution in [1.82, 2.24) is 4.98 Å². The highest BCUT2D eigenvalue weighted by Gasteiger charge is 2.21. The lowest BCUT2D eigenvalue weighted by Gasteiger charge is -2.01. The average molecular weight is 261 g/mol. The van der Waals surface area contributed by atoms with E-state index in [2.05, 4.69) is 4.98 Å². The van der Waals surface area contributed by atoms with E-state index in [0.717, 1.165) is 5.69 Å². The minimum Gasteiger partial charge on any atom is -0.465 e. The number of hydrogen-bond acceptors (Lipinski definition) is 4. The predicted molar refractivity (Wildman–Crippen MR) is 70.4 cm³/mol. The molecule has 2 rings (SSSR count). The van der Waals surface area contributed by atoms with Crippen LogP contribution in [0, 0.1) is 0 Å². The molecule has 1 heterocycles. The Morgan fingerprint density at radius 3 is 2.42 bits per heavy atom. The van der Waals surface area contributed by atoms with Crippen LogP contribution >= 0.6 is 0 Å². The molecular weight excluding hydrogens is 246 g/mol. The van der Waals surface area contributed by atoms with E-state index < -0.39 is 11.9 Å². The second kappa shape index (κ2) is 5.14. The van der Waals surface area contributed by atoms with Crippen LogP contribution in [0.1, 0.15) is 33.3 Å². The standard InChI is InChI=1S/C14H15NO4/c1-4-10-11(14(17)19-3)8-6-5-7-9(12(8)15-10)13(16)18-2/h5-7,15H,4H2,1-3H3. The normalized spacial score (nSPS) is 10.5. The molecule has 0 amide bonds. The van der Waals surface area contributed by atoms with Gasteiger partial charge >= 0.3 is 11.9 Å². The number of carbonyl (C=O) groups is 2. The zero-order valence-electron chi connectivity index (χ0n) is 11.1. The summed E-state index contributed by atoms with van der Waals surface area (Å²) < 4.78 is 9.54. The van der Waals surface area contributed by atoms with Crippen LogP contribution in [0.15, 0.2) is 18.2 Å². The molecular formula is C14H15NO4. The third-order valence-electron chi connectivity index (χ3n) is 3.06. The first-order chi connectivity index (χ1) is 9.13. The quantitative estimate of drug-likeness (QED) is 0.861. The first-order valence-corrected chi connectivity index (χ1v) is 5.94. The molecule has 0 aliphatic carbocycles. The predicted octanol–water partition coefficient (Wildman–Crippen LogP) is 2.30. The Morgan fingerprint density at radius 1 is 1.16 bits per heavy atom. The number of aromatic amines is 1. The van der Waals surface area contributed by atoms with Crippen molar-refractivity contribution in [2.45, 2.75) is 13.3 Å². The number of benzene rings is 1. The Morgan fingerprint density at radius 2 is 1.84 bits per heavy atom. The highest BCUT2D eigenvalue weighted by atomic mass is 16.5. The van der Waals surface area contributed by atoms with Gasteiger partial charge in [0.05, 0.1) is 30.9 Å². The molecule has 0 atom stereocenters. The molecule has 0 saturated carbocycles. The topological polar surface area (TPSA) is 68.4 Å². The van der Waals surface area contributed by atoms with Crippen molar-refractivity contribution in [3.05, 3.63) is 35.0 Å². The summed E-state index contributed by atoms with van der Waals surface area (Å²) in [6.45, 7) is 1.93. The van der Waals surface area contributed by atoms with E-state index in [4.69, 9.17) is 9.47 Å². The summed E-state index contributed by atoms with van der Waals surface area (Å²) in [6.07, 6.45) is 0.639. The van der Waals surface area contributed by atoms with Crippen molar-refractivity contribution in [2.24, 2.45) is 0 Å². The van der Waals surface area contributed by atoms with Gasteiger partial charge in [0.15, 0.2) is 0 Å². The van der Waals surface area contributed by atoms with Crippen molar-refractivity contribution in [3.8, 4) is 0 Å². The maximum Gasteiger partial charge on any atom is 0.340 e. The molecule has 0 aliphatic rings. The largest absolute Gasteiger partial charge is 0.465 e. The van der Waals surface area contributed by atoms with E-state index >= 15 is 0 Å². The van der Waals surface area contributed by atoms with Gasteiger partial charge in [-0.3, -0.25) is 0 Å². The zero-order chi connectivity index (χ0) is 14.0. The molecule has 0 radical (unpaired) electrons. The van der Waals surface area contributed by atoms with Gasteiger partial charge in [-0.05, 0) is 12.5 Å².